The van der Waals surface area contributed by atoms with Gasteiger partial charge >= 0.3 is 0 Å². The molecular weight excluding hydrogens is 206 g/mol. The Labute approximate surface area is 94.0 Å². The van der Waals surface area contributed by atoms with Crippen LogP contribution in [0.25, 0.3) is 6.08 Å². The van der Waals surface area contributed by atoms with E-state index in [1.807, 2.05) is 13.1 Å². The Morgan fingerprint density at radius 1 is 1.69 bits per heavy atom. The molecule has 2 heterocycles. The standard InChI is InChI=1S/C11H15N3O2/c1-13-9(4-6-12-13)2-3-11(16)14-7-5-10(15)8-14/h2-4,6,10,15H,5,7-8H2,1H3/t10-/m1/s1. The fraction of sp³-hybridized carbons (Fsp3) is 0.455. The molecule has 1 aliphatic heterocycles. The first-order valence-electron chi connectivity index (χ1n) is 5.30. The van der Waals surface area contributed by atoms with Crippen molar-refractivity contribution in [2.75, 3.05) is 13.1 Å². The maximum Gasteiger partial charge on any atom is 0.246 e. The molecule has 86 valence electrons. The number of β-amino-alcohol motifs (C(OH)–C–C–N with tert-alkyl or cyclic N) is 1. The number of aliphatic hydroxyl groups is 1. The molecule has 1 saturated heterocycles. The van der Waals surface area contributed by atoms with Crippen molar-refractivity contribution in [3.05, 3.63) is 24.0 Å². The van der Waals surface area contributed by atoms with Gasteiger partial charge in [-0.2, -0.15) is 5.10 Å². The molecule has 1 atom stereocenters. The molecule has 0 radical (unpaired) electrons. The molecule has 1 aliphatic rings. The quantitative estimate of drug-likeness (QED) is 0.717. The summed E-state index contributed by atoms with van der Waals surface area (Å²) in [6.45, 7) is 1.07. The van der Waals surface area contributed by atoms with Crippen LogP contribution in [0.5, 0.6) is 0 Å². The second kappa shape index (κ2) is 4.49. The SMILES string of the molecule is Cn1nccc1C=CC(=O)N1CC[C@@H](O)C1. The Bertz CT molecular complexity index is 411. The predicted molar refractivity (Wildman–Crippen MR) is 59.4 cm³/mol. The van der Waals surface area contributed by atoms with Gasteiger partial charge in [-0.1, -0.05) is 0 Å². The van der Waals surface area contributed by atoms with Gasteiger partial charge in [0.25, 0.3) is 0 Å². The van der Waals surface area contributed by atoms with E-state index in [-0.39, 0.29) is 12.0 Å². The number of amides is 1. The topological polar surface area (TPSA) is 58.4 Å². The number of carbonyl (C=O) groups is 1. The van der Waals surface area contributed by atoms with E-state index < -0.39 is 0 Å². The lowest BCUT2D eigenvalue weighted by Crippen LogP contribution is -2.27. The Morgan fingerprint density at radius 2 is 2.50 bits per heavy atom. The van der Waals surface area contributed by atoms with Crippen molar-refractivity contribution in [3.8, 4) is 0 Å². The average molecular weight is 221 g/mol. The fourth-order valence-corrected chi connectivity index (χ4v) is 1.75. The van der Waals surface area contributed by atoms with Gasteiger partial charge in [-0.05, 0) is 18.6 Å². The second-order valence-corrected chi connectivity index (χ2v) is 3.94. The molecule has 1 aromatic heterocycles. The third-order valence-electron chi connectivity index (χ3n) is 2.73. The van der Waals surface area contributed by atoms with Gasteiger partial charge in [-0.3, -0.25) is 9.48 Å². The molecule has 0 unspecified atom stereocenters. The molecule has 0 spiro atoms. The molecule has 1 fully saturated rings. The van der Waals surface area contributed by atoms with Crippen molar-refractivity contribution < 1.29 is 9.90 Å². The van der Waals surface area contributed by atoms with E-state index in [1.54, 1.807) is 21.9 Å². The average Bonchev–Trinajstić information content (AvgIpc) is 2.84. The second-order valence-electron chi connectivity index (χ2n) is 3.94. The van der Waals surface area contributed by atoms with E-state index in [0.29, 0.717) is 19.5 Å². The summed E-state index contributed by atoms with van der Waals surface area (Å²) in [5.41, 5.74) is 0.882. The van der Waals surface area contributed by atoms with Crippen molar-refractivity contribution in [2.24, 2.45) is 7.05 Å². The monoisotopic (exact) mass is 221 g/mol. The number of rotatable bonds is 2. The normalized spacial score (nSPS) is 20.9. The highest BCUT2D eigenvalue weighted by atomic mass is 16.3. The molecule has 0 aliphatic carbocycles. The number of likely N-dealkylation sites (tertiary alicyclic amines) is 1. The zero-order chi connectivity index (χ0) is 11.5. The van der Waals surface area contributed by atoms with Crippen molar-refractivity contribution >= 4 is 12.0 Å². The highest BCUT2D eigenvalue weighted by molar-refractivity contribution is 5.91. The van der Waals surface area contributed by atoms with Crippen molar-refractivity contribution in [3.63, 3.8) is 0 Å². The smallest absolute Gasteiger partial charge is 0.246 e. The van der Waals surface area contributed by atoms with Crippen LogP contribution in [0.2, 0.25) is 0 Å². The van der Waals surface area contributed by atoms with Crippen molar-refractivity contribution in [1.29, 1.82) is 0 Å². The maximum atomic E-state index is 11.7. The van der Waals surface area contributed by atoms with E-state index >= 15 is 0 Å². The molecule has 2 rings (SSSR count). The summed E-state index contributed by atoms with van der Waals surface area (Å²) in [5, 5.41) is 13.3. The Hall–Kier alpha value is -1.62. The summed E-state index contributed by atoms with van der Waals surface area (Å²) in [5.74, 6) is -0.0576. The Kier molecular flexibility index (Phi) is 3.05. The summed E-state index contributed by atoms with van der Waals surface area (Å²) in [6.07, 6.45) is 5.25. The van der Waals surface area contributed by atoms with Crippen LogP contribution >= 0.6 is 0 Å². The number of hydrogen-bond donors (Lipinski definition) is 1. The molecule has 1 amide bonds. The first kappa shape index (κ1) is 10.9. The lowest BCUT2D eigenvalue weighted by atomic mass is 10.3. The lowest BCUT2D eigenvalue weighted by Gasteiger charge is -2.12. The maximum absolute atomic E-state index is 11.7. The highest BCUT2D eigenvalue weighted by Gasteiger charge is 2.22. The molecule has 1 N–H and O–H groups in total. The first-order chi connectivity index (χ1) is 7.66. The van der Waals surface area contributed by atoms with Crippen LogP contribution in [0.3, 0.4) is 0 Å². The minimum absolute atomic E-state index is 0.0576. The molecule has 5 heteroatoms. The third-order valence-corrected chi connectivity index (χ3v) is 2.73. The van der Waals surface area contributed by atoms with E-state index in [4.69, 9.17) is 0 Å². The van der Waals surface area contributed by atoms with Gasteiger partial charge < -0.3 is 10.0 Å². The van der Waals surface area contributed by atoms with Crippen LogP contribution < -0.4 is 0 Å². The number of nitrogens with zero attached hydrogens (tertiary/aromatic N) is 3. The van der Waals surface area contributed by atoms with E-state index in [9.17, 15) is 9.90 Å². The van der Waals surface area contributed by atoms with Gasteiger partial charge in [-0.25, -0.2) is 0 Å². The molecule has 0 bridgehead atoms. The lowest BCUT2D eigenvalue weighted by molar-refractivity contribution is -0.125. The summed E-state index contributed by atoms with van der Waals surface area (Å²) in [7, 11) is 1.82. The molecule has 5 nitrogen and oxygen atoms in total. The number of aryl methyl sites for hydroxylation is 1. The molecular formula is C11H15N3O2. The number of aliphatic hydroxyl groups excluding tert-OH is 1. The minimum atomic E-state index is -0.367. The Morgan fingerprint density at radius 3 is 3.06 bits per heavy atom. The van der Waals surface area contributed by atoms with Crippen LogP contribution in [0.1, 0.15) is 12.1 Å². The highest BCUT2D eigenvalue weighted by Crippen LogP contribution is 2.09. The van der Waals surface area contributed by atoms with E-state index in [0.717, 1.165) is 5.69 Å². The van der Waals surface area contributed by atoms with Crippen LogP contribution in [0, 0.1) is 0 Å². The largest absolute Gasteiger partial charge is 0.391 e. The zero-order valence-corrected chi connectivity index (χ0v) is 9.21. The zero-order valence-electron chi connectivity index (χ0n) is 9.21. The van der Waals surface area contributed by atoms with Gasteiger partial charge in [0, 0.05) is 32.4 Å². The Balaban J connectivity index is 1.97. The van der Waals surface area contributed by atoms with Gasteiger partial charge in [0.2, 0.25) is 5.91 Å². The molecule has 16 heavy (non-hydrogen) atoms. The number of aromatic nitrogens is 2. The van der Waals surface area contributed by atoms with Crippen LogP contribution in [-0.2, 0) is 11.8 Å². The van der Waals surface area contributed by atoms with Crippen LogP contribution in [-0.4, -0.2) is 44.9 Å². The molecule has 0 saturated carbocycles. The minimum Gasteiger partial charge on any atom is -0.391 e. The number of carbonyl (C=O) groups excluding carboxylic acids is 1. The van der Waals surface area contributed by atoms with E-state index in [1.165, 1.54) is 6.08 Å². The summed E-state index contributed by atoms with van der Waals surface area (Å²) >= 11 is 0. The number of hydrogen-bond acceptors (Lipinski definition) is 3. The predicted octanol–water partition coefficient (Wildman–Crippen LogP) is 0.0265. The van der Waals surface area contributed by atoms with Crippen LogP contribution in [0.4, 0.5) is 0 Å². The van der Waals surface area contributed by atoms with Gasteiger partial charge in [0.05, 0.1) is 11.8 Å². The fourth-order valence-electron chi connectivity index (χ4n) is 1.75. The first-order valence-corrected chi connectivity index (χ1v) is 5.30. The molecule has 1 aromatic rings. The summed E-state index contributed by atoms with van der Waals surface area (Å²) < 4.78 is 1.70. The molecule has 0 aromatic carbocycles. The van der Waals surface area contributed by atoms with Crippen molar-refractivity contribution in [1.82, 2.24) is 14.7 Å². The van der Waals surface area contributed by atoms with Gasteiger partial charge in [0.15, 0.2) is 0 Å². The van der Waals surface area contributed by atoms with Crippen molar-refractivity contribution in [2.45, 2.75) is 12.5 Å². The summed E-state index contributed by atoms with van der Waals surface area (Å²) in [4.78, 5) is 13.3. The van der Waals surface area contributed by atoms with Crippen LogP contribution in [0.15, 0.2) is 18.3 Å². The van der Waals surface area contributed by atoms with Gasteiger partial charge in [0.1, 0.15) is 0 Å². The van der Waals surface area contributed by atoms with E-state index in [2.05, 4.69) is 5.10 Å². The summed E-state index contributed by atoms with van der Waals surface area (Å²) in [6, 6.07) is 1.84. The third kappa shape index (κ3) is 2.30. The van der Waals surface area contributed by atoms with Gasteiger partial charge in [-0.15, -0.1) is 0 Å².